The molecule has 25 heavy (non-hydrogen) atoms. The van der Waals surface area contributed by atoms with Crippen LogP contribution in [0.4, 0.5) is 11.4 Å². The smallest absolute Gasteiger partial charge is 0.234 e. The van der Waals surface area contributed by atoms with Crippen molar-refractivity contribution in [1.82, 2.24) is 0 Å². The van der Waals surface area contributed by atoms with Gasteiger partial charge in [0.1, 0.15) is 5.75 Å². The summed E-state index contributed by atoms with van der Waals surface area (Å²) in [4.78, 5) is 13.2. The molecule has 4 nitrogen and oxygen atoms in total. The maximum Gasteiger partial charge on any atom is 0.234 e. The van der Waals surface area contributed by atoms with E-state index in [4.69, 9.17) is 10.5 Å². The lowest BCUT2D eigenvalue weighted by molar-refractivity contribution is -0.113. The van der Waals surface area contributed by atoms with E-state index in [-0.39, 0.29) is 23.7 Å². The number of ether oxygens (including phenoxy) is 1. The van der Waals surface area contributed by atoms with Gasteiger partial charge in [-0.05, 0) is 35.2 Å². The molecule has 6 heteroatoms. The number of rotatable bonds is 5. The summed E-state index contributed by atoms with van der Waals surface area (Å²) in [5, 5.41) is 2.83. The average molecular weight is 381 g/mol. The standard InChI is InChI=1S/C19H24N2O2S.ClH/c1-19(2,3)13-5-8-15(9-6-13)24-12-18(22)21-17-11-14(23-4)7-10-16(17)20;/h5-11H,12,20H2,1-4H3,(H,21,22);1H. The number of nitrogens with one attached hydrogen (secondary N) is 1. The fourth-order valence-electron chi connectivity index (χ4n) is 2.16. The normalized spacial score (nSPS) is 10.7. The van der Waals surface area contributed by atoms with Gasteiger partial charge in [-0.15, -0.1) is 24.2 Å². The molecule has 0 saturated heterocycles. The molecule has 0 atom stereocenters. The Morgan fingerprint density at radius 2 is 1.80 bits per heavy atom. The summed E-state index contributed by atoms with van der Waals surface area (Å²) in [7, 11) is 1.58. The van der Waals surface area contributed by atoms with Crippen molar-refractivity contribution in [2.75, 3.05) is 23.9 Å². The Morgan fingerprint density at radius 1 is 1.16 bits per heavy atom. The van der Waals surface area contributed by atoms with Crippen LogP contribution in [0.2, 0.25) is 0 Å². The third kappa shape index (κ3) is 6.18. The number of nitrogen functional groups attached to an aromatic ring is 1. The van der Waals surface area contributed by atoms with E-state index in [2.05, 4.69) is 50.4 Å². The number of thioether (sulfide) groups is 1. The van der Waals surface area contributed by atoms with Crippen LogP contribution in [0.15, 0.2) is 47.4 Å². The molecule has 0 aliphatic heterocycles. The molecule has 2 aromatic rings. The highest BCUT2D eigenvalue weighted by atomic mass is 35.5. The van der Waals surface area contributed by atoms with E-state index < -0.39 is 0 Å². The summed E-state index contributed by atoms with van der Waals surface area (Å²) >= 11 is 1.50. The van der Waals surface area contributed by atoms with E-state index in [0.717, 1.165) is 4.90 Å². The highest BCUT2D eigenvalue weighted by molar-refractivity contribution is 8.00. The molecule has 0 heterocycles. The van der Waals surface area contributed by atoms with E-state index >= 15 is 0 Å². The number of amides is 1. The predicted molar refractivity (Wildman–Crippen MR) is 109 cm³/mol. The van der Waals surface area contributed by atoms with Crippen LogP contribution in [0.25, 0.3) is 0 Å². The van der Waals surface area contributed by atoms with Gasteiger partial charge in [0.05, 0.1) is 24.2 Å². The number of methoxy groups -OCH3 is 1. The first kappa shape index (κ1) is 21.2. The van der Waals surface area contributed by atoms with E-state index in [1.807, 2.05) is 0 Å². The van der Waals surface area contributed by atoms with Crippen molar-refractivity contribution in [1.29, 1.82) is 0 Å². The molecule has 0 fully saturated rings. The second-order valence-electron chi connectivity index (χ2n) is 6.56. The monoisotopic (exact) mass is 380 g/mol. The molecule has 0 spiro atoms. The summed E-state index contributed by atoms with van der Waals surface area (Å²) in [6.45, 7) is 6.55. The SMILES string of the molecule is COc1ccc(N)c(NC(=O)CSc2ccc(C(C)(C)C)cc2)c1.Cl. The summed E-state index contributed by atoms with van der Waals surface area (Å²) in [5.41, 5.74) is 8.38. The molecule has 0 aromatic heterocycles. The van der Waals surface area contributed by atoms with Crippen LogP contribution in [0.3, 0.4) is 0 Å². The van der Waals surface area contributed by atoms with Gasteiger partial charge in [-0.25, -0.2) is 0 Å². The van der Waals surface area contributed by atoms with Gasteiger partial charge in [0.25, 0.3) is 0 Å². The number of nitrogens with two attached hydrogens (primary N) is 1. The summed E-state index contributed by atoms with van der Waals surface area (Å²) in [6.07, 6.45) is 0. The number of anilines is 2. The van der Waals surface area contributed by atoms with Gasteiger partial charge in [0, 0.05) is 11.0 Å². The quantitative estimate of drug-likeness (QED) is 0.581. The molecule has 136 valence electrons. The third-order valence-corrected chi connectivity index (χ3v) is 4.64. The molecule has 3 N–H and O–H groups in total. The number of hydrogen-bond donors (Lipinski definition) is 2. The van der Waals surface area contributed by atoms with Gasteiger partial charge in [-0.1, -0.05) is 32.9 Å². The van der Waals surface area contributed by atoms with Crippen LogP contribution in [0.5, 0.6) is 5.75 Å². The zero-order chi connectivity index (χ0) is 17.7. The van der Waals surface area contributed by atoms with Crippen molar-refractivity contribution < 1.29 is 9.53 Å². The second kappa shape index (κ2) is 9.02. The molecule has 0 bridgehead atoms. The van der Waals surface area contributed by atoms with Gasteiger partial charge in [-0.3, -0.25) is 4.79 Å². The molecule has 0 aliphatic carbocycles. The zero-order valence-corrected chi connectivity index (χ0v) is 16.6. The van der Waals surface area contributed by atoms with Crippen LogP contribution < -0.4 is 15.8 Å². The molecular formula is C19H25ClN2O2S. The molecule has 1 amide bonds. The first-order chi connectivity index (χ1) is 11.3. The Kier molecular flexibility index (Phi) is 7.64. The Hall–Kier alpha value is -1.85. The topological polar surface area (TPSA) is 64.3 Å². The van der Waals surface area contributed by atoms with Crippen molar-refractivity contribution in [3.63, 3.8) is 0 Å². The van der Waals surface area contributed by atoms with Crippen LogP contribution >= 0.6 is 24.2 Å². The lowest BCUT2D eigenvalue weighted by Gasteiger charge is -2.19. The van der Waals surface area contributed by atoms with Gasteiger partial charge in [0.15, 0.2) is 0 Å². The minimum absolute atomic E-state index is 0. The Labute approximate surface area is 159 Å². The summed E-state index contributed by atoms with van der Waals surface area (Å²) < 4.78 is 5.15. The fraction of sp³-hybridized carbons (Fsp3) is 0.316. The molecule has 2 aromatic carbocycles. The molecule has 0 unspecified atom stereocenters. The molecule has 0 radical (unpaired) electrons. The van der Waals surface area contributed by atoms with E-state index in [1.54, 1.807) is 25.3 Å². The maximum absolute atomic E-state index is 12.1. The van der Waals surface area contributed by atoms with Crippen molar-refractivity contribution in [3.05, 3.63) is 48.0 Å². The Bertz CT molecular complexity index is 712. The number of benzene rings is 2. The van der Waals surface area contributed by atoms with Gasteiger partial charge in [0.2, 0.25) is 5.91 Å². The first-order valence-electron chi connectivity index (χ1n) is 7.76. The van der Waals surface area contributed by atoms with Crippen LogP contribution in [-0.2, 0) is 10.2 Å². The number of hydrogen-bond acceptors (Lipinski definition) is 4. The van der Waals surface area contributed by atoms with Crippen molar-refractivity contribution in [3.8, 4) is 5.75 Å². The molecule has 2 rings (SSSR count). The largest absolute Gasteiger partial charge is 0.497 e. The fourth-order valence-corrected chi connectivity index (χ4v) is 2.86. The summed E-state index contributed by atoms with van der Waals surface area (Å²) in [5.74, 6) is 0.885. The lowest BCUT2D eigenvalue weighted by Crippen LogP contribution is -2.15. The van der Waals surface area contributed by atoms with Gasteiger partial charge >= 0.3 is 0 Å². The van der Waals surface area contributed by atoms with Gasteiger partial charge < -0.3 is 15.8 Å². The Balaban J connectivity index is 0.00000312. The van der Waals surface area contributed by atoms with E-state index in [9.17, 15) is 4.79 Å². The van der Waals surface area contributed by atoms with Crippen molar-refractivity contribution >= 4 is 41.5 Å². The minimum atomic E-state index is -0.0974. The van der Waals surface area contributed by atoms with E-state index in [1.165, 1.54) is 17.3 Å². The maximum atomic E-state index is 12.1. The number of halogens is 1. The average Bonchev–Trinajstić information content (AvgIpc) is 2.54. The first-order valence-corrected chi connectivity index (χ1v) is 8.75. The van der Waals surface area contributed by atoms with Crippen LogP contribution in [-0.4, -0.2) is 18.8 Å². The molecule has 0 saturated carbocycles. The number of carbonyl (C=O) groups is 1. The lowest BCUT2D eigenvalue weighted by atomic mass is 9.87. The zero-order valence-electron chi connectivity index (χ0n) is 15.0. The van der Waals surface area contributed by atoms with Crippen LogP contribution in [0.1, 0.15) is 26.3 Å². The van der Waals surface area contributed by atoms with E-state index in [0.29, 0.717) is 22.9 Å². The highest BCUT2D eigenvalue weighted by Gasteiger charge is 2.13. The predicted octanol–water partition coefficient (Wildman–Crippen LogP) is 4.73. The minimum Gasteiger partial charge on any atom is -0.497 e. The van der Waals surface area contributed by atoms with Crippen molar-refractivity contribution in [2.45, 2.75) is 31.1 Å². The Morgan fingerprint density at radius 3 is 2.36 bits per heavy atom. The van der Waals surface area contributed by atoms with Crippen molar-refractivity contribution in [2.24, 2.45) is 0 Å². The number of carbonyl (C=O) groups excluding carboxylic acids is 1. The molecular weight excluding hydrogens is 356 g/mol. The highest BCUT2D eigenvalue weighted by Crippen LogP contribution is 2.27. The van der Waals surface area contributed by atoms with Gasteiger partial charge in [-0.2, -0.15) is 0 Å². The summed E-state index contributed by atoms with van der Waals surface area (Å²) in [6, 6.07) is 13.5. The second-order valence-corrected chi connectivity index (χ2v) is 7.61. The third-order valence-electron chi connectivity index (χ3n) is 3.62. The van der Waals surface area contributed by atoms with Crippen LogP contribution in [0, 0.1) is 0 Å². The molecule has 0 aliphatic rings.